The summed E-state index contributed by atoms with van der Waals surface area (Å²) in [6.45, 7) is 10.8. The van der Waals surface area contributed by atoms with Gasteiger partial charge in [0.25, 0.3) is 0 Å². The van der Waals surface area contributed by atoms with Gasteiger partial charge in [0.1, 0.15) is 5.69 Å². The van der Waals surface area contributed by atoms with Crippen molar-refractivity contribution in [3.63, 3.8) is 0 Å². The highest BCUT2D eigenvalue weighted by molar-refractivity contribution is 5.71. The molecular weight excluding hydrogens is 236 g/mol. The van der Waals surface area contributed by atoms with Crippen molar-refractivity contribution in [3.05, 3.63) is 35.4 Å². The largest absolute Gasteiger partial charge is 0.367 e. The molecule has 0 aliphatic heterocycles. The molecule has 0 aliphatic carbocycles. The maximum atomic E-state index is 5.91. The molecule has 1 heterocycles. The number of benzene rings is 1. The van der Waals surface area contributed by atoms with E-state index in [4.69, 9.17) is 10.3 Å². The third kappa shape index (κ3) is 2.50. The summed E-state index contributed by atoms with van der Waals surface area (Å²) in [5.74, 6) is 0.711. The fourth-order valence-corrected chi connectivity index (χ4v) is 2.41. The number of nitrogens with two attached hydrogens (primary N) is 1. The van der Waals surface area contributed by atoms with Crippen LogP contribution in [-0.2, 0) is 5.41 Å². The van der Waals surface area contributed by atoms with Gasteiger partial charge in [0.15, 0.2) is 0 Å². The SMILES string of the molecule is CC(C)c1c(-c2ccccc2C(C)(C)C)noc1N. The highest BCUT2D eigenvalue weighted by Crippen LogP contribution is 2.38. The standard InChI is InChI=1S/C16H22N2O/c1-10(2)13-14(18-19-15(13)17)11-8-6-7-9-12(11)16(3,4)5/h6-10H,17H2,1-5H3. The third-order valence-electron chi connectivity index (χ3n) is 3.32. The Morgan fingerprint density at radius 2 is 1.79 bits per heavy atom. The van der Waals surface area contributed by atoms with Gasteiger partial charge in [-0.3, -0.25) is 0 Å². The van der Waals surface area contributed by atoms with E-state index in [0.717, 1.165) is 16.8 Å². The Morgan fingerprint density at radius 3 is 2.37 bits per heavy atom. The topological polar surface area (TPSA) is 52.0 Å². The minimum atomic E-state index is 0.0541. The van der Waals surface area contributed by atoms with Crippen molar-refractivity contribution in [2.75, 3.05) is 5.73 Å². The molecule has 0 radical (unpaired) electrons. The first-order chi connectivity index (χ1) is 8.82. The molecule has 0 saturated heterocycles. The van der Waals surface area contributed by atoms with Crippen molar-refractivity contribution in [3.8, 4) is 11.3 Å². The quantitative estimate of drug-likeness (QED) is 0.871. The first kappa shape index (κ1) is 13.7. The summed E-state index contributed by atoms with van der Waals surface area (Å²) in [6, 6.07) is 8.32. The van der Waals surface area contributed by atoms with Crippen LogP contribution in [0, 0.1) is 0 Å². The fourth-order valence-electron chi connectivity index (χ4n) is 2.41. The van der Waals surface area contributed by atoms with Gasteiger partial charge in [-0.2, -0.15) is 0 Å². The molecule has 0 bridgehead atoms. The normalized spacial score (nSPS) is 12.1. The number of aromatic nitrogens is 1. The second kappa shape index (κ2) is 4.72. The van der Waals surface area contributed by atoms with Crippen LogP contribution in [0.15, 0.2) is 28.8 Å². The van der Waals surface area contributed by atoms with Gasteiger partial charge in [-0.15, -0.1) is 0 Å². The number of nitrogen functional groups attached to an aromatic ring is 1. The number of anilines is 1. The molecule has 2 aromatic rings. The van der Waals surface area contributed by atoms with E-state index in [0.29, 0.717) is 5.88 Å². The van der Waals surface area contributed by atoms with Crippen molar-refractivity contribution in [1.29, 1.82) is 0 Å². The minimum absolute atomic E-state index is 0.0541. The van der Waals surface area contributed by atoms with Crippen molar-refractivity contribution >= 4 is 5.88 Å². The molecule has 0 spiro atoms. The molecule has 0 aliphatic rings. The summed E-state index contributed by atoms with van der Waals surface area (Å²) in [7, 11) is 0. The molecule has 2 rings (SSSR count). The lowest BCUT2D eigenvalue weighted by atomic mass is 9.82. The van der Waals surface area contributed by atoms with E-state index in [1.807, 2.05) is 6.07 Å². The molecule has 0 amide bonds. The Hall–Kier alpha value is -1.77. The lowest BCUT2D eigenvalue weighted by Crippen LogP contribution is -2.13. The summed E-state index contributed by atoms with van der Waals surface area (Å²) in [4.78, 5) is 0. The Labute approximate surface area is 114 Å². The lowest BCUT2D eigenvalue weighted by molar-refractivity contribution is 0.438. The summed E-state index contributed by atoms with van der Waals surface area (Å²) in [5.41, 5.74) is 10.2. The molecule has 3 heteroatoms. The van der Waals surface area contributed by atoms with Gasteiger partial charge in [0, 0.05) is 11.1 Å². The van der Waals surface area contributed by atoms with Crippen molar-refractivity contribution < 1.29 is 4.52 Å². The second-order valence-corrected chi connectivity index (χ2v) is 6.26. The lowest BCUT2D eigenvalue weighted by Gasteiger charge is -2.22. The molecular formula is C16H22N2O. The Morgan fingerprint density at radius 1 is 1.16 bits per heavy atom. The van der Waals surface area contributed by atoms with E-state index in [1.54, 1.807) is 0 Å². The van der Waals surface area contributed by atoms with Gasteiger partial charge in [0.05, 0.1) is 0 Å². The minimum Gasteiger partial charge on any atom is -0.367 e. The van der Waals surface area contributed by atoms with Gasteiger partial charge in [-0.05, 0) is 16.9 Å². The van der Waals surface area contributed by atoms with Crippen molar-refractivity contribution in [1.82, 2.24) is 5.16 Å². The van der Waals surface area contributed by atoms with Gasteiger partial charge in [-0.1, -0.05) is 64.0 Å². The number of rotatable bonds is 2. The average Bonchev–Trinajstić information content (AvgIpc) is 2.70. The Kier molecular flexibility index (Phi) is 3.40. The van der Waals surface area contributed by atoms with Gasteiger partial charge in [-0.25, -0.2) is 0 Å². The van der Waals surface area contributed by atoms with E-state index >= 15 is 0 Å². The maximum Gasteiger partial charge on any atom is 0.226 e. The first-order valence-electron chi connectivity index (χ1n) is 6.67. The van der Waals surface area contributed by atoms with E-state index in [-0.39, 0.29) is 11.3 Å². The monoisotopic (exact) mass is 258 g/mol. The van der Waals surface area contributed by atoms with E-state index in [1.165, 1.54) is 5.56 Å². The van der Waals surface area contributed by atoms with E-state index < -0.39 is 0 Å². The van der Waals surface area contributed by atoms with Crippen molar-refractivity contribution in [2.45, 2.75) is 46.0 Å². The number of hydrogen-bond acceptors (Lipinski definition) is 3. The maximum absolute atomic E-state index is 5.91. The van der Waals surface area contributed by atoms with Crippen molar-refractivity contribution in [2.24, 2.45) is 0 Å². The second-order valence-electron chi connectivity index (χ2n) is 6.26. The molecule has 3 nitrogen and oxygen atoms in total. The van der Waals surface area contributed by atoms with Crippen LogP contribution in [0.2, 0.25) is 0 Å². The van der Waals surface area contributed by atoms with Crippen LogP contribution in [-0.4, -0.2) is 5.16 Å². The summed E-state index contributed by atoms with van der Waals surface area (Å²) in [6.07, 6.45) is 0. The average molecular weight is 258 g/mol. The molecule has 0 unspecified atom stereocenters. The van der Waals surface area contributed by atoms with E-state index in [9.17, 15) is 0 Å². The highest BCUT2D eigenvalue weighted by atomic mass is 16.5. The zero-order valence-electron chi connectivity index (χ0n) is 12.3. The van der Waals surface area contributed by atoms with Gasteiger partial charge in [0.2, 0.25) is 5.88 Å². The fraction of sp³-hybridized carbons (Fsp3) is 0.438. The molecule has 1 aromatic carbocycles. The molecule has 0 atom stereocenters. The molecule has 0 saturated carbocycles. The zero-order chi connectivity index (χ0) is 14.2. The van der Waals surface area contributed by atoms with Crippen LogP contribution < -0.4 is 5.73 Å². The van der Waals surface area contributed by atoms with E-state index in [2.05, 4.69) is 58.0 Å². The van der Waals surface area contributed by atoms with Crippen LogP contribution >= 0.6 is 0 Å². The van der Waals surface area contributed by atoms with Crippen LogP contribution in [0.25, 0.3) is 11.3 Å². The molecule has 19 heavy (non-hydrogen) atoms. The van der Waals surface area contributed by atoms with Crippen LogP contribution in [0.5, 0.6) is 0 Å². The molecule has 1 aromatic heterocycles. The highest BCUT2D eigenvalue weighted by Gasteiger charge is 2.24. The smallest absolute Gasteiger partial charge is 0.226 e. The summed E-state index contributed by atoms with van der Waals surface area (Å²) in [5, 5.41) is 4.18. The Balaban J connectivity index is 2.67. The van der Waals surface area contributed by atoms with Crippen LogP contribution in [0.3, 0.4) is 0 Å². The molecule has 102 valence electrons. The predicted octanol–water partition coefficient (Wildman–Crippen LogP) is 4.34. The van der Waals surface area contributed by atoms with Crippen LogP contribution in [0.4, 0.5) is 5.88 Å². The third-order valence-corrected chi connectivity index (χ3v) is 3.32. The molecule has 2 N–H and O–H groups in total. The number of nitrogens with zero attached hydrogens (tertiary/aromatic N) is 1. The van der Waals surface area contributed by atoms with Gasteiger partial charge >= 0.3 is 0 Å². The van der Waals surface area contributed by atoms with Gasteiger partial charge < -0.3 is 10.3 Å². The summed E-state index contributed by atoms with van der Waals surface area (Å²) < 4.78 is 5.21. The first-order valence-corrected chi connectivity index (χ1v) is 6.67. The zero-order valence-corrected chi connectivity index (χ0v) is 12.3. The number of hydrogen-bond donors (Lipinski definition) is 1. The van der Waals surface area contributed by atoms with Crippen LogP contribution in [0.1, 0.15) is 51.7 Å². The molecule has 0 fully saturated rings. The summed E-state index contributed by atoms with van der Waals surface area (Å²) >= 11 is 0. The Bertz CT molecular complexity index is 577. The predicted molar refractivity (Wildman–Crippen MR) is 79.1 cm³/mol.